The van der Waals surface area contributed by atoms with E-state index in [1.165, 1.54) is 0 Å². The van der Waals surface area contributed by atoms with Crippen LogP contribution in [0.5, 0.6) is 5.75 Å². The number of aliphatic hydroxyl groups is 2. The maximum absolute atomic E-state index is 11.4. The molecule has 0 bridgehead atoms. The van der Waals surface area contributed by atoms with E-state index in [1.54, 1.807) is 29.8 Å². The average Bonchev–Trinajstić information content (AvgIpc) is 3.42. The number of fused-ring (bicyclic) bond motifs is 3. The molecule has 4 heterocycles. The van der Waals surface area contributed by atoms with Gasteiger partial charge >= 0.3 is 0 Å². The number of nitrogens with zero attached hydrogens (tertiary/aromatic N) is 4. The van der Waals surface area contributed by atoms with Crippen LogP contribution in [-0.2, 0) is 4.74 Å². The number of halogens is 1. The summed E-state index contributed by atoms with van der Waals surface area (Å²) in [6.45, 7) is 1.75. The van der Waals surface area contributed by atoms with Crippen LogP contribution in [0.25, 0.3) is 21.9 Å². The molecule has 0 radical (unpaired) electrons. The smallest absolute Gasteiger partial charge is 0.164 e. The van der Waals surface area contributed by atoms with Gasteiger partial charge < -0.3 is 35.7 Å². The number of anilines is 2. The van der Waals surface area contributed by atoms with Crippen LogP contribution in [0.3, 0.4) is 0 Å². The second-order valence-corrected chi connectivity index (χ2v) is 9.76. The van der Waals surface area contributed by atoms with Crippen LogP contribution < -0.4 is 16.2 Å². The fraction of sp³-hybridized carbons (Fsp3) is 0.348. The molecule has 2 fully saturated rings. The van der Waals surface area contributed by atoms with Gasteiger partial charge in [-0.25, -0.2) is 15.0 Å². The van der Waals surface area contributed by atoms with Crippen molar-refractivity contribution in [3.63, 3.8) is 0 Å². The van der Waals surface area contributed by atoms with E-state index in [9.17, 15) is 10.2 Å². The Bertz CT molecular complexity index is 1440. The highest BCUT2D eigenvalue weighted by Crippen LogP contribution is 2.48. The van der Waals surface area contributed by atoms with Crippen molar-refractivity contribution >= 4 is 49.5 Å². The standard InChI is InChI=1S/C23H23BrN6O4/c1-10-27-19(25)13-5-7-30(21(13)28-10)22-17(31)23(32)6-4-16(18(23)34-22)33-12-3-2-11-8-14(24)20(26)29-15(11)9-12/h2-3,5,7-9,16-18,22,31-32H,4,6H2,1H3,(H2,26,29)(H2,25,27,28)/t16-,17-,18+,22+,23-/m0/s1. The third-order valence-electron chi connectivity index (χ3n) is 6.77. The Labute approximate surface area is 202 Å². The third-order valence-corrected chi connectivity index (χ3v) is 7.41. The van der Waals surface area contributed by atoms with Gasteiger partial charge in [0, 0.05) is 17.6 Å². The van der Waals surface area contributed by atoms with Gasteiger partial charge in [0.2, 0.25) is 0 Å². The second kappa shape index (κ2) is 7.51. The number of ether oxygens (including phenoxy) is 2. The molecule has 1 aliphatic heterocycles. The van der Waals surface area contributed by atoms with Crippen molar-refractivity contribution in [2.45, 2.75) is 49.9 Å². The quantitative estimate of drug-likeness (QED) is 0.315. The molecule has 2 aliphatic rings. The van der Waals surface area contributed by atoms with E-state index in [1.807, 2.05) is 18.2 Å². The predicted molar refractivity (Wildman–Crippen MR) is 129 cm³/mol. The monoisotopic (exact) mass is 526 g/mol. The Kier molecular flexibility index (Phi) is 4.75. The number of benzene rings is 1. The second-order valence-electron chi connectivity index (χ2n) is 8.90. The first-order chi connectivity index (χ1) is 16.2. The summed E-state index contributed by atoms with van der Waals surface area (Å²) >= 11 is 3.39. The average molecular weight is 527 g/mol. The molecular weight excluding hydrogens is 504 g/mol. The molecule has 34 heavy (non-hydrogen) atoms. The Morgan fingerprint density at radius 2 is 2.00 bits per heavy atom. The van der Waals surface area contributed by atoms with E-state index in [4.69, 9.17) is 20.9 Å². The van der Waals surface area contributed by atoms with Gasteiger partial charge in [0.1, 0.15) is 52.8 Å². The number of rotatable bonds is 3. The van der Waals surface area contributed by atoms with Crippen molar-refractivity contribution in [3.8, 4) is 5.75 Å². The van der Waals surface area contributed by atoms with E-state index in [0.29, 0.717) is 52.6 Å². The molecule has 0 spiro atoms. The zero-order valence-corrected chi connectivity index (χ0v) is 19.8. The minimum atomic E-state index is -1.45. The van der Waals surface area contributed by atoms with Crippen molar-refractivity contribution < 1.29 is 19.7 Å². The van der Waals surface area contributed by atoms with Crippen molar-refractivity contribution in [2.75, 3.05) is 11.5 Å². The molecule has 6 N–H and O–H groups in total. The Morgan fingerprint density at radius 3 is 2.82 bits per heavy atom. The molecule has 1 saturated carbocycles. The van der Waals surface area contributed by atoms with E-state index < -0.39 is 30.1 Å². The highest BCUT2D eigenvalue weighted by atomic mass is 79.9. The number of hydrogen-bond acceptors (Lipinski definition) is 9. The minimum absolute atomic E-state index is 0.334. The number of nitrogen functional groups attached to an aromatic ring is 2. The Balaban J connectivity index is 1.30. The number of aryl methyl sites for hydroxylation is 1. The molecule has 5 atom stereocenters. The van der Waals surface area contributed by atoms with Crippen molar-refractivity contribution in [2.24, 2.45) is 0 Å². The number of aliphatic hydroxyl groups excluding tert-OH is 1. The van der Waals surface area contributed by atoms with E-state index in [2.05, 4.69) is 30.9 Å². The van der Waals surface area contributed by atoms with Crippen LogP contribution in [0.1, 0.15) is 24.9 Å². The normalized spacial score (nSPS) is 28.6. The van der Waals surface area contributed by atoms with Crippen molar-refractivity contribution in [1.82, 2.24) is 19.5 Å². The first kappa shape index (κ1) is 21.5. The van der Waals surface area contributed by atoms with Crippen LogP contribution >= 0.6 is 15.9 Å². The highest BCUT2D eigenvalue weighted by Gasteiger charge is 2.62. The number of pyridine rings is 1. The summed E-state index contributed by atoms with van der Waals surface area (Å²) in [6, 6.07) is 9.22. The highest BCUT2D eigenvalue weighted by molar-refractivity contribution is 9.10. The summed E-state index contributed by atoms with van der Waals surface area (Å²) in [5.74, 6) is 1.84. The van der Waals surface area contributed by atoms with Gasteiger partial charge in [0.15, 0.2) is 6.23 Å². The van der Waals surface area contributed by atoms with Crippen LogP contribution in [0, 0.1) is 6.92 Å². The Hall–Kier alpha value is -2.99. The number of aromatic nitrogens is 4. The summed E-state index contributed by atoms with van der Waals surface area (Å²) in [5, 5.41) is 24.1. The molecule has 0 amide bonds. The minimum Gasteiger partial charge on any atom is -0.488 e. The molecule has 1 aromatic carbocycles. The molecule has 6 rings (SSSR count). The van der Waals surface area contributed by atoms with Gasteiger partial charge in [-0.15, -0.1) is 0 Å². The lowest BCUT2D eigenvalue weighted by Gasteiger charge is -2.26. The molecule has 176 valence electrons. The maximum atomic E-state index is 11.4. The molecule has 0 unspecified atom stereocenters. The summed E-state index contributed by atoms with van der Waals surface area (Å²) in [4.78, 5) is 13.1. The van der Waals surface area contributed by atoms with Gasteiger partial charge in [-0.3, -0.25) is 0 Å². The summed E-state index contributed by atoms with van der Waals surface area (Å²) in [7, 11) is 0. The maximum Gasteiger partial charge on any atom is 0.164 e. The Morgan fingerprint density at radius 1 is 1.18 bits per heavy atom. The summed E-state index contributed by atoms with van der Waals surface area (Å²) in [6.07, 6.45) is -0.611. The SMILES string of the molecule is Cc1nc(N)c2ccn([C@@H]3O[C@@H]4[C@@H](Oc5ccc6cc(Br)c(N)nc6c5)CC[C@]4(O)[C@H]3O)c2n1. The summed E-state index contributed by atoms with van der Waals surface area (Å²) in [5.41, 5.74) is 11.7. The lowest BCUT2D eigenvalue weighted by Crippen LogP contribution is -2.47. The summed E-state index contributed by atoms with van der Waals surface area (Å²) < 4.78 is 14.9. The van der Waals surface area contributed by atoms with E-state index >= 15 is 0 Å². The molecule has 4 aromatic rings. The lowest BCUT2D eigenvalue weighted by atomic mass is 9.94. The number of hydrogen-bond donors (Lipinski definition) is 4. The molecule has 1 saturated heterocycles. The topological polar surface area (TPSA) is 155 Å². The fourth-order valence-electron chi connectivity index (χ4n) is 5.08. The van der Waals surface area contributed by atoms with E-state index in [-0.39, 0.29) is 0 Å². The van der Waals surface area contributed by atoms with Gasteiger partial charge in [0.05, 0.1) is 15.4 Å². The molecule has 11 heteroatoms. The zero-order chi connectivity index (χ0) is 23.8. The zero-order valence-electron chi connectivity index (χ0n) is 18.2. The first-order valence-corrected chi connectivity index (χ1v) is 11.7. The molecule has 3 aromatic heterocycles. The molecule has 1 aliphatic carbocycles. The van der Waals surface area contributed by atoms with Crippen LogP contribution in [0.2, 0.25) is 0 Å². The largest absolute Gasteiger partial charge is 0.488 e. The fourth-order valence-corrected chi connectivity index (χ4v) is 5.42. The van der Waals surface area contributed by atoms with Gasteiger partial charge in [-0.1, -0.05) is 0 Å². The van der Waals surface area contributed by atoms with Crippen LogP contribution in [0.15, 0.2) is 41.0 Å². The van der Waals surface area contributed by atoms with Gasteiger partial charge in [-0.05, 0) is 60.0 Å². The lowest BCUT2D eigenvalue weighted by molar-refractivity contribution is -0.0791. The molecular formula is C23H23BrN6O4. The van der Waals surface area contributed by atoms with Gasteiger partial charge in [0.25, 0.3) is 0 Å². The third kappa shape index (κ3) is 3.15. The van der Waals surface area contributed by atoms with Crippen LogP contribution in [-0.4, -0.2) is 53.6 Å². The first-order valence-electron chi connectivity index (χ1n) is 10.9. The number of nitrogens with two attached hydrogens (primary N) is 2. The van der Waals surface area contributed by atoms with Crippen molar-refractivity contribution in [3.05, 3.63) is 46.8 Å². The predicted octanol–water partition coefficient (Wildman–Crippen LogP) is 2.45. The van der Waals surface area contributed by atoms with Gasteiger partial charge in [-0.2, -0.15) is 0 Å². The van der Waals surface area contributed by atoms with Crippen molar-refractivity contribution in [1.29, 1.82) is 0 Å². The molecule has 10 nitrogen and oxygen atoms in total. The van der Waals surface area contributed by atoms with Crippen LogP contribution in [0.4, 0.5) is 11.6 Å². The van der Waals surface area contributed by atoms with E-state index in [0.717, 1.165) is 9.86 Å².